The lowest BCUT2D eigenvalue weighted by Gasteiger charge is -2.26. The van der Waals surface area contributed by atoms with Crippen LogP contribution < -0.4 is 0 Å². The van der Waals surface area contributed by atoms with Gasteiger partial charge in [0.05, 0.1) is 0 Å². The predicted molar refractivity (Wildman–Crippen MR) is 61.2 cm³/mol. The molecular weight excluding hydrogens is 246 g/mol. The Hall–Kier alpha value is -1.46. The highest BCUT2D eigenvalue weighted by Crippen LogP contribution is 2.26. The van der Waals surface area contributed by atoms with Gasteiger partial charge >= 0.3 is 17.9 Å². The van der Waals surface area contributed by atoms with Crippen LogP contribution in [-0.2, 0) is 19.1 Å². The van der Waals surface area contributed by atoms with E-state index in [2.05, 4.69) is 16.1 Å². The van der Waals surface area contributed by atoms with Crippen molar-refractivity contribution in [1.29, 1.82) is 0 Å². The molecule has 0 aromatic rings. The van der Waals surface area contributed by atoms with Gasteiger partial charge in [-0.3, -0.25) is 0 Å². The van der Waals surface area contributed by atoms with E-state index in [1.807, 2.05) is 0 Å². The van der Waals surface area contributed by atoms with Crippen molar-refractivity contribution >= 4 is 11.9 Å². The fourth-order valence-corrected chi connectivity index (χ4v) is 0.847. The van der Waals surface area contributed by atoms with E-state index in [1.165, 1.54) is 27.7 Å². The lowest BCUT2D eigenvalue weighted by Crippen LogP contribution is -2.46. The van der Waals surface area contributed by atoms with E-state index in [0.29, 0.717) is 0 Å². The summed E-state index contributed by atoms with van der Waals surface area (Å²) in [6, 6.07) is 0. The van der Waals surface area contributed by atoms with Gasteiger partial charge in [-0.25, -0.2) is 9.59 Å². The van der Waals surface area contributed by atoms with Gasteiger partial charge in [-0.1, -0.05) is 6.58 Å². The molecule has 0 saturated carbocycles. The van der Waals surface area contributed by atoms with Crippen LogP contribution in [0.15, 0.2) is 12.2 Å². The highest BCUT2D eigenvalue weighted by molar-refractivity contribution is 5.87. The van der Waals surface area contributed by atoms with E-state index in [9.17, 15) is 18.4 Å². The molecule has 0 spiro atoms. The van der Waals surface area contributed by atoms with E-state index in [4.69, 9.17) is 0 Å². The zero-order valence-electron chi connectivity index (χ0n) is 11.2. The van der Waals surface area contributed by atoms with Crippen molar-refractivity contribution in [1.82, 2.24) is 0 Å². The van der Waals surface area contributed by atoms with Crippen LogP contribution in [0.2, 0.25) is 0 Å². The second kappa shape index (κ2) is 5.46. The van der Waals surface area contributed by atoms with Crippen molar-refractivity contribution in [2.75, 3.05) is 0 Å². The lowest BCUT2D eigenvalue weighted by molar-refractivity contribution is -0.203. The Bertz CT molecular complexity index is 356. The number of esters is 2. The molecule has 4 nitrogen and oxygen atoms in total. The molecule has 0 aliphatic rings. The van der Waals surface area contributed by atoms with E-state index in [0.717, 1.165) is 6.92 Å². The highest BCUT2D eigenvalue weighted by atomic mass is 19.3. The molecule has 0 N–H and O–H groups in total. The highest BCUT2D eigenvalue weighted by Gasteiger charge is 2.50. The Morgan fingerprint density at radius 1 is 1.22 bits per heavy atom. The maximum Gasteiger partial charge on any atom is 0.381 e. The maximum absolute atomic E-state index is 13.6. The molecule has 0 radical (unpaired) electrons. The SMILES string of the molecule is C=C(C)C(=O)OC(C)C(F)(F)C(=O)OC(C)(C)C. The summed E-state index contributed by atoms with van der Waals surface area (Å²) < 4.78 is 36.2. The average Bonchev–Trinajstić information content (AvgIpc) is 2.14. The number of carbonyl (C=O) groups is 2. The largest absolute Gasteiger partial charge is 0.455 e. The van der Waals surface area contributed by atoms with Crippen molar-refractivity contribution in [2.24, 2.45) is 0 Å². The molecular formula is C12H18F2O4. The van der Waals surface area contributed by atoms with Gasteiger partial charge in [0.25, 0.3) is 0 Å². The van der Waals surface area contributed by atoms with Gasteiger partial charge in [-0.05, 0) is 34.6 Å². The first kappa shape index (κ1) is 16.5. The molecule has 0 heterocycles. The molecule has 0 aliphatic heterocycles. The predicted octanol–water partition coefficient (Wildman–Crippen LogP) is 2.47. The number of alkyl halides is 2. The summed E-state index contributed by atoms with van der Waals surface area (Å²) in [7, 11) is 0. The molecule has 0 aromatic carbocycles. The number of rotatable bonds is 4. The molecule has 1 unspecified atom stereocenters. The monoisotopic (exact) mass is 264 g/mol. The topological polar surface area (TPSA) is 52.6 Å². The number of halogens is 2. The molecule has 0 saturated heterocycles. The Kier molecular flexibility index (Phi) is 5.01. The second-order valence-electron chi connectivity index (χ2n) is 4.95. The van der Waals surface area contributed by atoms with Crippen LogP contribution in [0, 0.1) is 0 Å². The van der Waals surface area contributed by atoms with Gasteiger partial charge < -0.3 is 9.47 Å². The molecule has 0 rings (SSSR count). The minimum atomic E-state index is -3.90. The zero-order valence-corrected chi connectivity index (χ0v) is 11.2. The van der Waals surface area contributed by atoms with Crippen LogP contribution in [0.1, 0.15) is 34.6 Å². The summed E-state index contributed by atoms with van der Waals surface area (Å²) in [4.78, 5) is 22.4. The summed E-state index contributed by atoms with van der Waals surface area (Å²) in [6.07, 6.45) is -1.92. The summed E-state index contributed by atoms with van der Waals surface area (Å²) in [6.45, 7) is 9.89. The van der Waals surface area contributed by atoms with Crippen LogP contribution in [0.4, 0.5) is 8.78 Å². The van der Waals surface area contributed by atoms with E-state index < -0.39 is 29.6 Å². The van der Waals surface area contributed by atoms with Crippen molar-refractivity contribution in [3.63, 3.8) is 0 Å². The molecule has 18 heavy (non-hydrogen) atoms. The third-order valence-electron chi connectivity index (χ3n) is 1.81. The number of hydrogen-bond donors (Lipinski definition) is 0. The molecule has 0 bridgehead atoms. The van der Waals surface area contributed by atoms with Gasteiger partial charge in [0.15, 0.2) is 6.10 Å². The fraction of sp³-hybridized carbons (Fsp3) is 0.667. The minimum absolute atomic E-state index is 0.0261. The van der Waals surface area contributed by atoms with Crippen molar-refractivity contribution in [3.05, 3.63) is 12.2 Å². The molecule has 104 valence electrons. The molecule has 0 aliphatic carbocycles. The normalized spacial score (nSPS) is 13.7. The summed E-state index contributed by atoms with van der Waals surface area (Å²) in [5.74, 6) is -6.61. The summed E-state index contributed by atoms with van der Waals surface area (Å²) in [5.41, 5.74) is -1.07. The molecule has 6 heteroatoms. The van der Waals surface area contributed by atoms with Gasteiger partial charge in [0.1, 0.15) is 5.60 Å². The maximum atomic E-state index is 13.6. The number of carbonyl (C=O) groups excluding carboxylic acids is 2. The van der Waals surface area contributed by atoms with Crippen LogP contribution in [0.25, 0.3) is 0 Å². The van der Waals surface area contributed by atoms with Crippen molar-refractivity contribution in [2.45, 2.75) is 52.2 Å². The molecule has 1 atom stereocenters. The Balaban J connectivity index is 4.76. The van der Waals surface area contributed by atoms with Gasteiger partial charge in [0, 0.05) is 5.57 Å². The van der Waals surface area contributed by atoms with Gasteiger partial charge in [-0.15, -0.1) is 0 Å². The van der Waals surface area contributed by atoms with Crippen molar-refractivity contribution in [3.8, 4) is 0 Å². The second-order valence-corrected chi connectivity index (χ2v) is 4.95. The van der Waals surface area contributed by atoms with Crippen LogP contribution in [-0.4, -0.2) is 29.6 Å². The van der Waals surface area contributed by atoms with Gasteiger partial charge in [-0.2, -0.15) is 8.78 Å². The number of ether oxygens (including phenoxy) is 2. The zero-order chi connectivity index (χ0) is 14.7. The Morgan fingerprint density at radius 2 is 1.67 bits per heavy atom. The standard InChI is InChI=1S/C12H18F2O4/c1-7(2)9(15)17-8(3)12(13,14)10(16)18-11(4,5)6/h8H,1H2,2-6H3. The van der Waals surface area contributed by atoms with E-state index in [1.54, 1.807) is 0 Å². The number of hydrogen-bond acceptors (Lipinski definition) is 4. The first-order valence-electron chi connectivity index (χ1n) is 5.35. The fourth-order valence-electron chi connectivity index (χ4n) is 0.847. The summed E-state index contributed by atoms with van der Waals surface area (Å²) >= 11 is 0. The molecule has 0 amide bonds. The third kappa shape index (κ3) is 4.81. The lowest BCUT2D eigenvalue weighted by atomic mass is 10.1. The van der Waals surface area contributed by atoms with Gasteiger partial charge in [0.2, 0.25) is 0 Å². The van der Waals surface area contributed by atoms with Crippen LogP contribution in [0.3, 0.4) is 0 Å². The smallest absolute Gasteiger partial charge is 0.381 e. The minimum Gasteiger partial charge on any atom is -0.455 e. The molecule has 0 aromatic heterocycles. The van der Waals surface area contributed by atoms with Crippen LogP contribution >= 0.6 is 0 Å². The van der Waals surface area contributed by atoms with Crippen molar-refractivity contribution < 1.29 is 27.8 Å². The quantitative estimate of drug-likeness (QED) is 0.578. The van der Waals surface area contributed by atoms with E-state index in [-0.39, 0.29) is 5.57 Å². The summed E-state index contributed by atoms with van der Waals surface area (Å²) in [5, 5.41) is 0. The first-order chi connectivity index (χ1) is 7.88. The van der Waals surface area contributed by atoms with Crippen LogP contribution in [0.5, 0.6) is 0 Å². The Morgan fingerprint density at radius 3 is 2.00 bits per heavy atom. The third-order valence-corrected chi connectivity index (χ3v) is 1.81. The first-order valence-corrected chi connectivity index (χ1v) is 5.35. The van der Waals surface area contributed by atoms with E-state index >= 15 is 0 Å². The average molecular weight is 264 g/mol. The Labute approximate surface area is 105 Å². The molecule has 0 fully saturated rings.